The highest BCUT2D eigenvalue weighted by molar-refractivity contribution is 7.89. The van der Waals surface area contributed by atoms with Crippen molar-refractivity contribution < 1.29 is 13.2 Å². The molecule has 0 aliphatic rings. The minimum atomic E-state index is -3.59. The molecule has 0 radical (unpaired) electrons. The summed E-state index contributed by atoms with van der Waals surface area (Å²) in [7, 11) is -3.59. The molecule has 0 spiro atoms. The molecular formula is C19H17Cl2N3O3S. The first kappa shape index (κ1) is 20.4. The van der Waals surface area contributed by atoms with Crippen LogP contribution >= 0.6 is 23.2 Å². The molecule has 0 bridgehead atoms. The SMILES string of the molecule is CS(=O)(=O)NC(=O)CCc1cn(-c2ccc(Cl)cc2)nc1-c1ccccc1Cl. The fourth-order valence-corrected chi connectivity index (χ4v) is 3.57. The Hall–Kier alpha value is -2.35. The molecule has 2 aromatic carbocycles. The predicted octanol–water partition coefficient (Wildman–Crippen LogP) is 3.85. The van der Waals surface area contributed by atoms with Gasteiger partial charge >= 0.3 is 0 Å². The Balaban J connectivity index is 1.96. The van der Waals surface area contributed by atoms with Gasteiger partial charge in [-0.3, -0.25) is 9.52 Å². The average molecular weight is 438 g/mol. The Labute approximate surface area is 173 Å². The quantitative estimate of drug-likeness (QED) is 0.634. The van der Waals surface area contributed by atoms with Gasteiger partial charge in [0.15, 0.2) is 0 Å². The Morgan fingerprint density at radius 3 is 2.43 bits per heavy atom. The third-order valence-electron chi connectivity index (χ3n) is 3.93. The van der Waals surface area contributed by atoms with Crippen molar-refractivity contribution in [2.24, 2.45) is 0 Å². The van der Waals surface area contributed by atoms with Crippen LogP contribution in [0.3, 0.4) is 0 Å². The highest BCUT2D eigenvalue weighted by Gasteiger charge is 2.17. The largest absolute Gasteiger partial charge is 0.274 e. The van der Waals surface area contributed by atoms with Crippen LogP contribution in [0.4, 0.5) is 0 Å². The van der Waals surface area contributed by atoms with Gasteiger partial charge in [-0.15, -0.1) is 0 Å². The molecular weight excluding hydrogens is 421 g/mol. The number of hydrogen-bond donors (Lipinski definition) is 1. The molecule has 1 N–H and O–H groups in total. The van der Waals surface area contributed by atoms with Crippen molar-refractivity contribution in [3.05, 3.63) is 70.3 Å². The molecule has 146 valence electrons. The predicted molar refractivity (Wildman–Crippen MR) is 110 cm³/mol. The van der Waals surface area contributed by atoms with Crippen LogP contribution in [0.2, 0.25) is 10.0 Å². The smallest absolute Gasteiger partial charge is 0.233 e. The van der Waals surface area contributed by atoms with E-state index in [-0.39, 0.29) is 6.42 Å². The lowest BCUT2D eigenvalue weighted by molar-refractivity contribution is -0.119. The van der Waals surface area contributed by atoms with Gasteiger partial charge in [0.2, 0.25) is 15.9 Å². The van der Waals surface area contributed by atoms with E-state index in [0.29, 0.717) is 22.2 Å². The van der Waals surface area contributed by atoms with Gasteiger partial charge in [-0.2, -0.15) is 5.10 Å². The molecule has 0 unspecified atom stereocenters. The number of nitrogens with zero attached hydrogens (tertiary/aromatic N) is 2. The lowest BCUT2D eigenvalue weighted by Gasteiger charge is -2.05. The van der Waals surface area contributed by atoms with Crippen molar-refractivity contribution in [1.82, 2.24) is 14.5 Å². The van der Waals surface area contributed by atoms with E-state index in [9.17, 15) is 13.2 Å². The van der Waals surface area contributed by atoms with Crippen LogP contribution in [-0.2, 0) is 21.2 Å². The van der Waals surface area contributed by atoms with Gasteiger partial charge in [-0.1, -0.05) is 41.4 Å². The van der Waals surface area contributed by atoms with Crippen molar-refractivity contribution in [2.75, 3.05) is 6.26 Å². The fourth-order valence-electron chi connectivity index (χ4n) is 2.70. The molecule has 1 amide bonds. The molecule has 9 heteroatoms. The molecule has 6 nitrogen and oxygen atoms in total. The highest BCUT2D eigenvalue weighted by Crippen LogP contribution is 2.30. The van der Waals surface area contributed by atoms with Gasteiger partial charge in [0.25, 0.3) is 0 Å². The third kappa shape index (κ3) is 5.13. The van der Waals surface area contributed by atoms with Crippen LogP contribution in [0.15, 0.2) is 54.7 Å². The number of sulfonamides is 1. The van der Waals surface area contributed by atoms with E-state index in [1.165, 1.54) is 0 Å². The average Bonchev–Trinajstić information content (AvgIpc) is 3.03. The summed E-state index contributed by atoms with van der Waals surface area (Å²) in [5.41, 5.74) is 2.93. The van der Waals surface area contributed by atoms with Crippen LogP contribution < -0.4 is 4.72 Å². The number of halogens is 2. The molecule has 0 saturated carbocycles. The van der Waals surface area contributed by atoms with Gasteiger partial charge in [-0.05, 0) is 42.3 Å². The van der Waals surface area contributed by atoms with Crippen molar-refractivity contribution >= 4 is 39.1 Å². The van der Waals surface area contributed by atoms with E-state index in [2.05, 4.69) is 5.10 Å². The van der Waals surface area contributed by atoms with Crippen molar-refractivity contribution in [1.29, 1.82) is 0 Å². The van der Waals surface area contributed by atoms with E-state index in [1.54, 1.807) is 29.1 Å². The van der Waals surface area contributed by atoms with E-state index < -0.39 is 15.9 Å². The number of nitrogens with one attached hydrogen (secondary N) is 1. The minimum Gasteiger partial charge on any atom is -0.274 e. The summed E-state index contributed by atoms with van der Waals surface area (Å²) in [6.45, 7) is 0. The fraction of sp³-hybridized carbons (Fsp3) is 0.158. The third-order valence-corrected chi connectivity index (χ3v) is 5.11. The highest BCUT2D eigenvalue weighted by atomic mass is 35.5. The van der Waals surface area contributed by atoms with Gasteiger partial charge in [0.1, 0.15) is 0 Å². The van der Waals surface area contributed by atoms with Gasteiger partial charge in [0, 0.05) is 23.2 Å². The molecule has 0 fully saturated rings. The molecule has 3 rings (SSSR count). The topological polar surface area (TPSA) is 81.1 Å². The summed E-state index contributed by atoms with van der Waals surface area (Å²) >= 11 is 12.3. The second-order valence-electron chi connectivity index (χ2n) is 6.20. The zero-order valence-corrected chi connectivity index (χ0v) is 17.2. The number of rotatable bonds is 6. The summed E-state index contributed by atoms with van der Waals surface area (Å²) < 4.78 is 26.1. The summed E-state index contributed by atoms with van der Waals surface area (Å²) in [6.07, 6.45) is 3.04. The van der Waals surface area contributed by atoms with Gasteiger partial charge < -0.3 is 0 Å². The second-order valence-corrected chi connectivity index (χ2v) is 8.79. The number of benzene rings is 2. The molecule has 0 atom stereocenters. The summed E-state index contributed by atoms with van der Waals surface area (Å²) in [4.78, 5) is 11.9. The molecule has 1 aromatic heterocycles. The lowest BCUT2D eigenvalue weighted by atomic mass is 10.0. The van der Waals surface area contributed by atoms with Crippen LogP contribution in [-0.4, -0.2) is 30.4 Å². The Morgan fingerprint density at radius 2 is 1.79 bits per heavy atom. The first-order valence-corrected chi connectivity index (χ1v) is 11.0. The van der Waals surface area contributed by atoms with Crippen LogP contribution in [0.1, 0.15) is 12.0 Å². The van der Waals surface area contributed by atoms with E-state index in [0.717, 1.165) is 23.1 Å². The zero-order valence-electron chi connectivity index (χ0n) is 14.9. The summed E-state index contributed by atoms with van der Waals surface area (Å²) in [5.74, 6) is -0.577. The maximum atomic E-state index is 11.9. The van der Waals surface area contributed by atoms with Gasteiger partial charge in [0.05, 0.1) is 22.7 Å². The summed E-state index contributed by atoms with van der Waals surface area (Å²) in [6, 6.07) is 14.4. The molecule has 0 aliphatic heterocycles. The number of amides is 1. The van der Waals surface area contributed by atoms with E-state index >= 15 is 0 Å². The molecule has 0 saturated heterocycles. The van der Waals surface area contributed by atoms with Crippen LogP contribution in [0, 0.1) is 0 Å². The normalized spacial score (nSPS) is 11.4. The Morgan fingerprint density at radius 1 is 1.11 bits per heavy atom. The number of hydrogen-bond acceptors (Lipinski definition) is 4. The maximum Gasteiger partial charge on any atom is 0.233 e. The lowest BCUT2D eigenvalue weighted by Crippen LogP contribution is -2.29. The standard InChI is InChI=1S/C19H17Cl2N3O3S/c1-28(26,27)23-18(25)11-6-13-12-24(15-9-7-14(20)8-10-15)22-19(13)16-4-2-3-5-17(16)21/h2-5,7-10,12H,6,11H2,1H3,(H,23,25). The maximum absolute atomic E-state index is 11.9. The van der Waals surface area contributed by atoms with Crippen molar-refractivity contribution in [2.45, 2.75) is 12.8 Å². The molecule has 28 heavy (non-hydrogen) atoms. The van der Waals surface area contributed by atoms with Crippen molar-refractivity contribution in [3.8, 4) is 16.9 Å². The summed E-state index contributed by atoms with van der Waals surface area (Å²) in [5, 5.41) is 5.78. The number of carbonyl (C=O) groups is 1. The van der Waals surface area contributed by atoms with E-state index in [4.69, 9.17) is 23.2 Å². The number of aromatic nitrogens is 2. The monoisotopic (exact) mass is 437 g/mol. The van der Waals surface area contributed by atoms with E-state index in [1.807, 2.05) is 35.1 Å². The Kier molecular flexibility index (Phi) is 6.07. The first-order valence-electron chi connectivity index (χ1n) is 8.33. The number of carbonyl (C=O) groups excluding carboxylic acids is 1. The molecule has 0 aliphatic carbocycles. The number of aryl methyl sites for hydroxylation is 1. The van der Waals surface area contributed by atoms with Crippen molar-refractivity contribution in [3.63, 3.8) is 0 Å². The Bertz CT molecular complexity index is 1110. The minimum absolute atomic E-state index is 0.00314. The molecule has 3 aromatic rings. The molecule has 1 heterocycles. The van der Waals surface area contributed by atoms with Gasteiger partial charge in [-0.25, -0.2) is 13.1 Å². The van der Waals surface area contributed by atoms with Crippen LogP contribution in [0.5, 0.6) is 0 Å². The zero-order chi connectivity index (χ0) is 20.3. The second kappa shape index (κ2) is 8.34. The first-order chi connectivity index (χ1) is 13.2. The van der Waals surface area contributed by atoms with Crippen LogP contribution in [0.25, 0.3) is 16.9 Å².